The second-order valence-electron chi connectivity index (χ2n) is 5.94. The molecule has 0 aliphatic rings. The molecule has 0 saturated carbocycles. The van der Waals surface area contributed by atoms with Crippen LogP contribution in [0.25, 0.3) is 0 Å². The predicted octanol–water partition coefficient (Wildman–Crippen LogP) is 2.96. The summed E-state index contributed by atoms with van der Waals surface area (Å²) >= 11 is 3.29. The molecule has 0 unspecified atom stereocenters. The van der Waals surface area contributed by atoms with Gasteiger partial charge in [0.15, 0.2) is 10.3 Å². The van der Waals surface area contributed by atoms with E-state index in [0.29, 0.717) is 9.54 Å². The maximum Gasteiger partial charge on any atom is 0.401 e. The minimum atomic E-state index is -0.395. The van der Waals surface area contributed by atoms with Gasteiger partial charge in [0.1, 0.15) is 5.69 Å². The second kappa shape index (κ2) is 7.74. The third-order valence-electron chi connectivity index (χ3n) is 3.84. The van der Waals surface area contributed by atoms with Crippen LogP contribution in [0, 0.1) is 4.91 Å². The number of nitrogens with one attached hydrogen (secondary N) is 2. The van der Waals surface area contributed by atoms with Crippen molar-refractivity contribution in [2.45, 2.75) is 0 Å². The third-order valence-corrected chi connectivity index (χ3v) is 4.51. The van der Waals surface area contributed by atoms with Crippen LogP contribution in [0.2, 0.25) is 0 Å². The van der Waals surface area contributed by atoms with Gasteiger partial charge in [-0.2, -0.15) is 0 Å². The van der Waals surface area contributed by atoms with E-state index in [0.717, 1.165) is 0 Å². The molecule has 0 aliphatic heterocycles. The Morgan fingerprint density at radius 1 is 1.21 bits per heavy atom. The largest absolute Gasteiger partial charge is 0.505 e. The lowest BCUT2D eigenvalue weighted by Gasteiger charge is -2.14. The number of H-pyrrole nitrogens is 1. The van der Waals surface area contributed by atoms with E-state index in [9.17, 15) is 20.0 Å². The summed E-state index contributed by atoms with van der Waals surface area (Å²) in [5.74, 6) is -1.06. The summed E-state index contributed by atoms with van der Waals surface area (Å²) in [5, 5.41) is 26.7. The molecular weight excluding hydrogens is 434 g/mol. The lowest BCUT2D eigenvalue weighted by atomic mass is 10.1. The summed E-state index contributed by atoms with van der Waals surface area (Å²) in [6.07, 6.45) is 0. The van der Waals surface area contributed by atoms with E-state index in [2.05, 4.69) is 26.4 Å². The Kier molecular flexibility index (Phi) is 5.38. The van der Waals surface area contributed by atoms with Gasteiger partial charge in [-0.15, -0.1) is 9.69 Å². The number of nitrogens with zero attached hydrogens (tertiary/aromatic N) is 3. The van der Waals surface area contributed by atoms with Gasteiger partial charge in [-0.05, 0) is 45.1 Å². The minimum Gasteiger partial charge on any atom is -0.505 e. The van der Waals surface area contributed by atoms with Crippen molar-refractivity contribution in [1.82, 2.24) is 10.1 Å². The summed E-state index contributed by atoms with van der Waals surface area (Å²) in [6, 6.07) is 11.2. The van der Waals surface area contributed by atoms with Gasteiger partial charge in [-0.25, -0.2) is 5.21 Å². The number of carbonyl (C=O) groups is 1. The van der Waals surface area contributed by atoms with E-state index in [1.165, 1.54) is 17.0 Å². The highest BCUT2D eigenvalue weighted by Gasteiger charge is 2.30. The van der Waals surface area contributed by atoms with Crippen LogP contribution in [0.15, 0.2) is 51.6 Å². The van der Waals surface area contributed by atoms with E-state index in [1.54, 1.807) is 44.4 Å². The van der Waals surface area contributed by atoms with E-state index < -0.39 is 5.91 Å². The fourth-order valence-electron chi connectivity index (χ4n) is 2.46. The van der Waals surface area contributed by atoms with Crippen molar-refractivity contribution in [3.05, 3.63) is 57.4 Å². The molecule has 0 radical (unpaired) electrons. The normalized spacial score (nSPS) is 10.6. The van der Waals surface area contributed by atoms with Crippen molar-refractivity contribution in [3.63, 3.8) is 0 Å². The highest BCUT2D eigenvalue weighted by Crippen LogP contribution is 2.35. The van der Waals surface area contributed by atoms with Crippen LogP contribution < -0.4 is 15.0 Å². The minimum absolute atomic E-state index is 0.0435. The molecule has 1 aromatic heterocycles. The third kappa shape index (κ3) is 3.57. The van der Waals surface area contributed by atoms with Gasteiger partial charge in [0, 0.05) is 14.1 Å². The average Bonchev–Trinajstić information content (AvgIpc) is 3.03. The van der Waals surface area contributed by atoms with Gasteiger partial charge in [0.05, 0.1) is 15.7 Å². The summed E-state index contributed by atoms with van der Waals surface area (Å²) in [4.78, 5) is 25.5. The number of phenolic OH excluding ortho intramolecular Hbond substituents is 1. The Morgan fingerprint density at radius 3 is 2.61 bits per heavy atom. The molecule has 3 aromatic rings. The number of anilines is 4. The Balaban J connectivity index is 2.00. The summed E-state index contributed by atoms with van der Waals surface area (Å²) in [7, 11) is 3.12. The van der Waals surface area contributed by atoms with Gasteiger partial charge in [0.25, 0.3) is 11.7 Å². The molecule has 1 amide bonds. The van der Waals surface area contributed by atoms with Crippen molar-refractivity contribution in [2.24, 2.45) is 0 Å². The van der Waals surface area contributed by atoms with Crippen LogP contribution in [-0.4, -0.2) is 40.4 Å². The maximum absolute atomic E-state index is 12.2. The second-order valence-corrected chi connectivity index (χ2v) is 6.79. The quantitative estimate of drug-likeness (QED) is 0.347. The van der Waals surface area contributed by atoms with Crippen LogP contribution in [0.3, 0.4) is 0 Å². The monoisotopic (exact) mass is 450 g/mol. The molecule has 4 N–H and O–H groups in total. The number of aromatic amines is 1. The Bertz CT molecular complexity index is 1080. The molecule has 0 bridgehead atoms. The van der Waals surface area contributed by atoms with E-state index in [1.807, 2.05) is 0 Å². The van der Waals surface area contributed by atoms with Crippen molar-refractivity contribution >= 4 is 44.8 Å². The molecule has 2 aromatic carbocycles. The number of aromatic nitrogens is 2. The Labute approximate surface area is 167 Å². The van der Waals surface area contributed by atoms with E-state index in [-0.39, 0.29) is 38.9 Å². The van der Waals surface area contributed by atoms with Gasteiger partial charge in [0.2, 0.25) is 0 Å². The van der Waals surface area contributed by atoms with Gasteiger partial charge in [-0.1, -0.05) is 23.4 Å². The first-order valence-electron chi connectivity index (χ1n) is 8.00. The fourth-order valence-corrected chi connectivity index (χ4v) is 2.91. The van der Waals surface area contributed by atoms with Crippen molar-refractivity contribution in [2.75, 3.05) is 24.5 Å². The van der Waals surface area contributed by atoms with Crippen molar-refractivity contribution < 1.29 is 24.3 Å². The number of aromatic hydroxyl groups is 1. The van der Waals surface area contributed by atoms with Crippen molar-refractivity contribution in [1.29, 1.82) is 0 Å². The molecule has 0 spiro atoms. The molecule has 11 heteroatoms. The lowest BCUT2D eigenvalue weighted by molar-refractivity contribution is -0.703. The number of hydrogen-bond acceptors (Lipinski definition) is 7. The van der Waals surface area contributed by atoms with Gasteiger partial charge < -0.3 is 15.3 Å². The zero-order valence-electron chi connectivity index (χ0n) is 14.9. The number of benzene rings is 2. The first kappa shape index (κ1) is 19.5. The van der Waals surface area contributed by atoms with Crippen LogP contribution >= 0.6 is 15.9 Å². The molecule has 0 aliphatic carbocycles. The number of phenols is 1. The number of para-hydroxylation sites is 2. The molecule has 0 atom stereocenters. The molecule has 10 nitrogen and oxygen atoms in total. The Hall–Kier alpha value is -3.31. The number of rotatable bonds is 5. The first-order valence-corrected chi connectivity index (χ1v) is 8.79. The van der Waals surface area contributed by atoms with Gasteiger partial charge >= 0.3 is 5.82 Å². The van der Waals surface area contributed by atoms with Gasteiger partial charge in [-0.3, -0.25) is 4.79 Å². The number of halogens is 1. The molecule has 28 heavy (non-hydrogen) atoms. The highest BCUT2D eigenvalue weighted by molar-refractivity contribution is 9.10. The molecule has 3 rings (SSSR count). The maximum atomic E-state index is 12.2. The van der Waals surface area contributed by atoms with Crippen LogP contribution in [0.4, 0.5) is 23.0 Å². The first-order chi connectivity index (χ1) is 13.3. The highest BCUT2D eigenvalue weighted by atomic mass is 79.9. The zero-order valence-corrected chi connectivity index (χ0v) is 16.5. The average molecular weight is 451 g/mol. The van der Waals surface area contributed by atoms with Crippen LogP contribution in [-0.2, 0) is 0 Å². The fraction of sp³-hybridized carbons (Fsp3) is 0.118. The summed E-state index contributed by atoms with van der Waals surface area (Å²) in [5.41, 5.74) is 0.486. The summed E-state index contributed by atoms with van der Waals surface area (Å²) < 4.78 is 5.30. The van der Waals surface area contributed by atoms with Crippen LogP contribution in [0.1, 0.15) is 10.4 Å². The SMILES string of the molecule is CN(C)C(=O)c1cccc(Nc2[nH]o[n+](=O)c2N(O)c2ccccc2Br)c1O. The van der Waals surface area contributed by atoms with Crippen molar-refractivity contribution in [3.8, 4) is 5.75 Å². The number of hydrogen-bond donors (Lipinski definition) is 4. The van der Waals surface area contributed by atoms with Crippen LogP contribution in [0.5, 0.6) is 5.75 Å². The van der Waals surface area contributed by atoms with E-state index in [4.69, 9.17) is 4.63 Å². The number of carbonyl (C=O) groups excluding carboxylic acids is 1. The zero-order chi connectivity index (χ0) is 20.4. The Morgan fingerprint density at radius 2 is 1.93 bits per heavy atom. The molecule has 0 fully saturated rings. The molecule has 146 valence electrons. The summed E-state index contributed by atoms with van der Waals surface area (Å²) in [6.45, 7) is 0. The van der Waals surface area contributed by atoms with E-state index >= 15 is 0 Å². The molecule has 1 heterocycles. The lowest BCUT2D eigenvalue weighted by Crippen LogP contribution is -2.24. The predicted molar refractivity (Wildman–Crippen MR) is 104 cm³/mol. The smallest absolute Gasteiger partial charge is 0.401 e. The molecular formula is C17H17BrN5O5+. The number of amides is 1. The standard InChI is InChI=1S/C17H16BrN5O5/c1-21(2)17(25)10-6-5-8-12(14(10)24)19-15-16(23(27)28-20-15)22(26)13-9-4-3-7-11(13)18/h3-9H,1-2H3,(H3-,19,20,24,25,26,27)/p+1. The molecule has 0 saturated heterocycles. The topological polar surface area (TPSA) is 128 Å².